The van der Waals surface area contributed by atoms with Gasteiger partial charge in [0.25, 0.3) is 11.6 Å². The monoisotopic (exact) mass is 496 g/mol. The first kappa shape index (κ1) is 23.3. The molecule has 2 aromatic carbocycles. The minimum absolute atomic E-state index is 0.0372. The van der Waals surface area contributed by atoms with Gasteiger partial charge in [-0.3, -0.25) is 14.9 Å². The summed E-state index contributed by atoms with van der Waals surface area (Å²) in [5, 5.41) is 15.3. The maximum atomic E-state index is 12.5. The van der Waals surface area contributed by atoms with Crippen molar-refractivity contribution in [3.8, 4) is 17.0 Å². The van der Waals surface area contributed by atoms with Crippen LogP contribution in [-0.4, -0.2) is 21.6 Å². The summed E-state index contributed by atoms with van der Waals surface area (Å²) in [7, 11) is 0. The number of hydrazone groups is 1. The van der Waals surface area contributed by atoms with Gasteiger partial charge in [0.05, 0.1) is 21.7 Å². The van der Waals surface area contributed by atoms with Gasteiger partial charge in [-0.25, -0.2) is 5.43 Å². The van der Waals surface area contributed by atoms with Gasteiger partial charge >= 0.3 is 0 Å². The van der Waals surface area contributed by atoms with Crippen molar-refractivity contribution in [2.75, 3.05) is 0 Å². The van der Waals surface area contributed by atoms with E-state index in [-0.39, 0.29) is 16.3 Å². The highest BCUT2D eigenvalue weighted by Crippen LogP contribution is 2.31. The van der Waals surface area contributed by atoms with Crippen molar-refractivity contribution in [2.24, 2.45) is 5.10 Å². The van der Waals surface area contributed by atoms with Gasteiger partial charge < -0.3 is 8.98 Å². The van der Waals surface area contributed by atoms with Gasteiger partial charge in [0.1, 0.15) is 16.5 Å². The van der Waals surface area contributed by atoms with Crippen LogP contribution in [0.3, 0.4) is 0 Å². The lowest BCUT2D eigenvalue weighted by molar-refractivity contribution is -0.384. The first-order valence-corrected chi connectivity index (χ1v) is 10.8. The van der Waals surface area contributed by atoms with Gasteiger partial charge in [-0.15, -0.1) is 0 Å². The Morgan fingerprint density at radius 1 is 1.03 bits per heavy atom. The molecule has 172 valence electrons. The molecule has 0 unspecified atom stereocenters. The second-order valence-corrected chi connectivity index (χ2v) is 8.25. The van der Waals surface area contributed by atoms with Crippen molar-refractivity contribution in [1.82, 2.24) is 9.99 Å². The molecule has 1 N–H and O–H groups in total. The van der Waals surface area contributed by atoms with E-state index in [1.54, 1.807) is 30.3 Å². The molecule has 0 fully saturated rings. The van der Waals surface area contributed by atoms with E-state index < -0.39 is 10.8 Å². The molecule has 0 aliphatic rings. The van der Waals surface area contributed by atoms with E-state index in [0.29, 0.717) is 22.1 Å². The normalized spacial score (nSPS) is 11.2. The van der Waals surface area contributed by atoms with Gasteiger partial charge in [-0.05, 0) is 68.4 Å². The van der Waals surface area contributed by atoms with Gasteiger partial charge in [0, 0.05) is 28.7 Å². The number of aromatic nitrogens is 1. The molecule has 0 aliphatic carbocycles. The van der Waals surface area contributed by atoms with Crippen LogP contribution < -0.4 is 5.43 Å². The van der Waals surface area contributed by atoms with Crippen LogP contribution in [0.4, 0.5) is 5.69 Å². The number of nitrogens with zero attached hydrogens (tertiary/aromatic N) is 3. The number of benzene rings is 2. The largest absolute Gasteiger partial charge is 0.455 e. The number of carbonyl (C=O) groups is 1. The summed E-state index contributed by atoms with van der Waals surface area (Å²) in [6, 6.07) is 16.8. The van der Waals surface area contributed by atoms with E-state index in [2.05, 4.69) is 10.5 Å². The molecular formula is C24H18Cl2N4O4. The Bertz CT molecular complexity index is 1420. The van der Waals surface area contributed by atoms with E-state index >= 15 is 0 Å². The van der Waals surface area contributed by atoms with Crippen molar-refractivity contribution >= 4 is 41.0 Å². The topological polar surface area (TPSA) is 103 Å². The summed E-state index contributed by atoms with van der Waals surface area (Å²) in [5.74, 6) is 0.253. The summed E-state index contributed by atoms with van der Waals surface area (Å²) >= 11 is 12.2. The second-order valence-electron chi connectivity index (χ2n) is 7.44. The minimum Gasteiger partial charge on any atom is -0.455 e. The molecule has 0 spiro atoms. The number of rotatable bonds is 6. The number of carbonyl (C=O) groups excluding carboxylic acids is 1. The second kappa shape index (κ2) is 9.54. The Morgan fingerprint density at radius 2 is 1.76 bits per heavy atom. The molecule has 2 aromatic heterocycles. The average Bonchev–Trinajstić information content (AvgIpc) is 3.40. The van der Waals surface area contributed by atoms with E-state index in [1.807, 2.05) is 36.6 Å². The number of aryl methyl sites for hydroxylation is 2. The highest BCUT2D eigenvalue weighted by atomic mass is 35.5. The fourth-order valence-corrected chi connectivity index (χ4v) is 3.95. The van der Waals surface area contributed by atoms with E-state index in [1.165, 1.54) is 18.3 Å². The summed E-state index contributed by atoms with van der Waals surface area (Å²) < 4.78 is 7.68. The van der Waals surface area contributed by atoms with Gasteiger partial charge in [-0.2, -0.15) is 5.10 Å². The van der Waals surface area contributed by atoms with Gasteiger partial charge in [0.2, 0.25) is 0 Å². The van der Waals surface area contributed by atoms with Crippen molar-refractivity contribution in [1.29, 1.82) is 0 Å². The van der Waals surface area contributed by atoms with Crippen LogP contribution in [0.5, 0.6) is 0 Å². The number of nitrogens with one attached hydrogen (secondary N) is 1. The number of nitro benzene ring substituents is 1. The number of halogens is 2. The van der Waals surface area contributed by atoms with Crippen molar-refractivity contribution in [3.05, 3.63) is 104 Å². The Balaban J connectivity index is 1.45. The zero-order valence-electron chi connectivity index (χ0n) is 18.1. The highest BCUT2D eigenvalue weighted by Gasteiger charge is 2.15. The lowest BCUT2D eigenvalue weighted by atomic mass is 10.1. The number of nitro groups is 1. The summed E-state index contributed by atoms with van der Waals surface area (Å²) in [6.07, 6.45) is 1.32. The number of amides is 1. The highest BCUT2D eigenvalue weighted by molar-refractivity contribution is 6.34. The molecule has 0 saturated carbocycles. The molecule has 4 aromatic rings. The zero-order chi connectivity index (χ0) is 24.4. The third-order valence-electron chi connectivity index (χ3n) is 5.14. The van der Waals surface area contributed by atoms with E-state index in [9.17, 15) is 14.9 Å². The van der Waals surface area contributed by atoms with Crippen LogP contribution in [0.1, 0.15) is 27.5 Å². The molecule has 0 bridgehead atoms. The van der Waals surface area contributed by atoms with E-state index in [0.717, 1.165) is 17.1 Å². The van der Waals surface area contributed by atoms with Crippen molar-refractivity contribution < 1.29 is 14.1 Å². The minimum atomic E-state index is -0.564. The molecule has 4 rings (SSSR count). The molecule has 0 atom stereocenters. The van der Waals surface area contributed by atoms with Crippen LogP contribution in [0, 0.1) is 24.0 Å². The average molecular weight is 497 g/mol. The lowest BCUT2D eigenvalue weighted by Crippen LogP contribution is -2.18. The fraction of sp³-hybridized carbons (Fsp3) is 0.0833. The molecule has 0 aliphatic heterocycles. The quantitative estimate of drug-likeness (QED) is 0.191. The number of furan rings is 1. The van der Waals surface area contributed by atoms with Crippen molar-refractivity contribution in [3.63, 3.8) is 0 Å². The molecular weight excluding hydrogens is 479 g/mol. The first-order valence-electron chi connectivity index (χ1n) is 10.1. The fourth-order valence-electron chi connectivity index (χ4n) is 3.50. The number of hydrogen-bond donors (Lipinski definition) is 1. The predicted molar refractivity (Wildman–Crippen MR) is 131 cm³/mol. The van der Waals surface area contributed by atoms with E-state index in [4.69, 9.17) is 27.6 Å². The summed E-state index contributed by atoms with van der Waals surface area (Å²) in [6.45, 7) is 3.98. The van der Waals surface area contributed by atoms with Crippen LogP contribution in [0.2, 0.25) is 10.0 Å². The predicted octanol–water partition coefficient (Wildman–Crippen LogP) is 6.33. The molecule has 1 amide bonds. The van der Waals surface area contributed by atoms with Gasteiger partial charge in [0.15, 0.2) is 0 Å². The van der Waals surface area contributed by atoms with Crippen LogP contribution in [0.15, 0.2) is 70.2 Å². The maximum absolute atomic E-state index is 12.5. The Kier molecular flexibility index (Phi) is 6.54. The van der Waals surface area contributed by atoms with Gasteiger partial charge in [-0.1, -0.05) is 23.2 Å². The molecule has 0 saturated heterocycles. The SMILES string of the molecule is Cc1ccc(C)n1-c1ccc(C(=O)N/N=C\c2ccc(-c3ccc(Cl)c([N+](=O)[O-])c3)o2)c(Cl)c1. The zero-order valence-corrected chi connectivity index (χ0v) is 19.6. The Labute approximate surface area is 204 Å². The van der Waals surface area contributed by atoms with Crippen LogP contribution in [0.25, 0.3) is 17.0 Å². The third-order valence-corrected chi connectivity index (χ3v) is 5.77. The Hall–Kier alpha value is -3.88. The van der Waals surface area contributed by atoms with Crippen LogP contribution >= 0.6 is 23.2 Å². The lowest BCUT2D eigenvalue weighted by Gasteiger charge is -2.11. The van der Waals surface area contributed by atoms with Crippen molar-refractivity contribution in [2.45, 2.75) is 13.8 Å². The third kappa shape index (κ3) is 4.73. The molecule has 2 heterocycles. The molecule has 10 heteroatoms. The Morgan fingerprint density at radius 3 is 2.44 bits per heavy atom. The first-order chi connectivity index (χ1) is 16.2. The summed E-state index contributed by atoms with van der Waals surface area (Å²) in [4.78, 5) is 23.0. The molecule has 34 heavy (non-hydrogen) atoms. The number of hydrogen-bond acceptors (Lipinski definition) is 5. The molecule has 8 nitrogen and oxygen atoms in total. The smallest absolute Gasteiger partial charge is 0.288 e. The standard InChI is InChI=1S/C24H18Cl2N4O4/c1-14-3-4-15(2)29(14)17-6-8-19(21(26)12-17)24(31)28-27-13-18-7-10-23(34-18)16-5-9-20(25)22(11-16)30(32)33/h3-13H,1-2H3,(H,28,31)/b27-13-. The van der Waals surface area contributed by atoms with Crippen LogP contribution in [-0.2, 0) is 0 Å². The summed E-state index contributed by atoms with van der Waals surface area (Å²) in [5.41, 5.74) is 5.93. The maximum Gasteiger partial charge on any atom is 0.288 e. The molecule has 0 radical (unpaired) electrons.